The van der Waals surface area contributed by atoms with E-state index in [9.17, 15) is 9.59 Å². The van der Waals surface area contributed by atoms with Crippen LogP contribution < -0.4 is 4.74 Å². The van der Waals surface area contributed by atoms with Gasteiger partial charge in [-0.25, -0.2) is 9.50 Å². The molecule has 8 heteroatoms. The first-order valence-electron chi connectivity index (χ1n) is 13.4. The summed E-state index contributed by atoms with van der Waals surface area (Å²) in [6.07, 6.45) is 6.10. The van der Waals surface area contributed by atoms with Gasteiger partial charge in [-0.3, -0.25) is 9.59 Å². The van der Waals surface area contributed by atoms with E-state index in [0.717, 1.165) is 54.8 Å². The van der Waals surface area contributed by atoms with Crippen molar-refractivity contribution in [1.29, 1.82) is 0 Å². The molecule has 2 fully saturated rings. The normalized spacial score (nSPS) is 22.7. The Hall–Kier alpha value is -3.29. The first kappa shape index (κ1) is 25.4. The van der Waals surface area contributed by atoms with Crippen LogP contribution in [0.25, 0.3) is 5.78 Å². The van der Waals surface area contributed by atoms with Gasteiger partial charge >= 0.3 is 5.97 Å². The minimum Gasteiger partial charge on any atom is -0.491 e. The van der Waals surface area contributed by atoms with Crippen molar-refractivity contribution in [3.05, 3.63) is 53.1 Å². The molecule has 1 saturated heterocycles. The van der Waals surface area contributed by atoms with Crippen LogP contribution in [-0.2, 0) is 27.2 Å². The maximum absolute atomic E-state index is 13.5. The van der Waals surface area contributed by atoms with Gasteiger partial charge in [0.2, 0.25) is 0 Å². The summed E-state index contributed by atoms with van der Waals surface area (Å²) in [5.74, 6) is 0.594. The number of Topliss-reactive ketones (excluding diaryl/α,β-unsaturated/α-hetero) is 1. The van der Waals surface area contributed by atoms with Crippen molar-refractivity contribution in [2.45, 2.75) is 90.8 Å². The minimum atomic E-state index is -0.874. The number of cyclic esters (lactones) is 1. The Bertz CT molecular complexity index is 1270. The summed E-state index contributed by atoms with van der Waals surface area (Å²) in [4.78, 5) is 35.7. The van der Waals surface area contributed by atoms with Crippen LogP contribution in [0, 0.1) is 25.7 Å². The molecule has 0 bridgehead atoms. The van der Waals surface area contributed by atoms with Crippen LogP contribution in [-0.4, -0.2) is 43.0 Å². The predicted molar refractivity (Wildman–Crippen MR) is 138 cm³/mol. The Morgan fingerprint density at radius 3 is 2.51 bits per heavy atom. The zero-order chi connectivity index (χ0) is 26.2. The smallest absolute Gasteiger partial charge is 0.317 e. The van der Waals surface area contributed by atoms with Crippen molar-refractivity contribution < 1.29 is 19.1 Å². The predicted octanol–water partition coefficient (Wildman–Crippen LogP) is 4.76. The highest BCUT2D eigenvalue weighted by Gasteiger charge is 2.51. The van der Waals surface area contributed by atoms with E-state index >= 15 is 0 Å². The van der Waals surface area contributed by atoms with Crippen LogP contribution in [0.2, 0.25) is 0 Å². The van der Waals surface area contributed by atoms with Gasteiger partial charge in [-0.2, -0.15) is 4.98 Å². The molecule has 37 heavy (non-hydrogen) atoms. The third-order valence-corrected chi connectivity index (χ3v) is 7.73. The van der Waals surface area contributed by atoms with Crippen molar-refractivity contribution in [1.82, 2.24) is 19.6 Å². The topological polar surface area (TPSA) is 95.7 Å². The zero-order valence-electron chi connectivity index (χ0n) is 22.2. The van der Waals surface area contributed by atoms with Crippen LogP contribution in [0.3, 0.4) is 0 Å². The van der Waals surface area contributed by atoms with Crippen molar-refractivity contribution >= 4 is 17.5 Å². The lowest BCUT2D eigenvalue weighted by molar-refractivity contribution is -0.185. The number of ketones is 1. The number of aryl methyl sites for hydroxylation is 3. The molecule has 0 amide bonds. The van der Waals surface area contributed by atoms with E-state index in [-0.39, 0.29) is 30.6 Å². The molecule has 8 nitrogen and oxygen atoms in total. The van der Waals surface area contributed by atoms with Crippen molar-refractivity contribution in [2.24, 2.45) is 11.8 Å². The molecule has 2 aliphatic rings. The number of carbonyl (C=O) groups is 2. The number of hydrogen-bond acceptors (Lipinski definition) is 7. The lowest BCUT2D eigenvalue weighted by Crippen LogP contribution is -2.52. The molecule has 3 aromatic rings. The van der Waals surface area contributed by atoms with E-state index in [2.05, 4.69) is 27.2 Å². The van der Waals surface area contributed by atoms with Gasteiger partial charge in [-0.1, -0.05) is 25.0 Å². The third-order valence-electron chi connectivity index (χ3n) is 7.73. The fourth-order valence-corrected chi connectivity index (χ4v) is 5.92. The van der Waals surface area contributed by atoms with Crippen LogP contribution in [0.1, 0.15) is 75.1 Å². The van der Waals surface area contributed by atoms with Crippen LogP contribution >= 0.6 is 0 Å². The molecule has 2 aromatic heterocycles. The molecule has 5 rings (SSSR count). The SMILES string of the molecule is Cc1cc(C)n2nc(CC3C(=O)CC(CCc4ccc(OC(C)C)cc4)(C4CCCC4)OC3=O)nc2n1. The summed E-state index contributed by atoms with van der Waals surface area (Å²) in [6, 6.07) is 9.99. The van der Waals surface area contributed by atoms with Crippen LogP contribution in [0.15, 0.2) is 30.3 Å². The molecule has 2 atom stereocenters. The molecule has 1 aliphatic heterocycles. The summed E-state index contributed by atoms with van der Waals surface area (Å²) >= 11 is 0. The number of ether oxygens (including phenoxy) is 2. The highest BCUT2D eigenvalue weighted by atomic mass is 16.6. The van der Waals surface area contributed by atoms with Gasteiger partial charge in [-0.05, 0) is 83.1 Å². The fourth-order valence-electron chi connectivity index (χ4n) is 5.92. The fraction of sp³-hybridized carbons (Fsp3) is 0.552. The molecule has 0 N–H and O–H groups in total. The molecule has 3 heterocycles. The van der Waals surface area contributed by atoms with E-state index in [1.54, 1.807) is 4.52 Å². The molecule has 2 unspecified atom stereocenters. The van der Waals surface area contributed by atoms with Gasteiger partial charge in [0.05, 0.1) is 6.10 Å². The number of nitrogens with zero attached hydrogens (tertiary/aromatic N) is 4. The second kappa shape index (κ2) is 10.2. The lowest BCUT2D eigenvalue weighted by Gasteiger charge is -2.43. The standard InChI is InChI=1S/C29H36N4O4/c1-18(2)36-23-11-9-21(10-12-23)13-14-29(22-7-5-6-8-22)17-25(34)24(27(35)37-29)16-26-31-28-30-19(3)15-20(4)33(28)32-26/h9-12,15,18,22,24H,5-8,13-14,16-17H2,1-4H3. The first-order chi connectivity index (χ1) is 17.7. The lowest BCUT2D eigenvalue weighted by atomic mass is 9.73. The van der Waals surface area contributed by atoms with E-state index in [1.807, 2.05) is 45.9 Å². The molecular formula is C29H36N4O4. The summed E-state index contributed by atoms with van der Waals surface area (Å²) in [7, 11) is 0. The highest BCUT2D eigenvalue weighted by Crippen LogP contribution is 2.45. The maximum Gasteiger partial charge on any atom is 0.317 e. The molecular weight excluding hydrogens is 468 g/mol. The van der Waals surface area contributed by atoms with Gasteiger partial charge in [0.1, 0.15) is 17.3 Å². The molecule has 1 saturated carbocycles. The number of hydrogen-bond donors (Lipinski definition) is 0. The van der Waals surface area contributed by atoms with Crippen LogP contribution in [0.5, 0.6) is 5.75 Å². The second-order valence-electron chi connectivity index (χ2n) is 11.0. The van der Waals surface area contributed by atoms with Gasteiger partial charge in [0.15, 0.2) is 11.6 Å². The van der Waals surface area contributed by atoms with Gasteiger partial charge < -0.3 is 9.47 Å². The van der Waals surface area contributed by atoms with E-state index < -0.39 is 17.5 Å². The number of esters is 1. The quantitative estimate of drug-likeness (QED) is 0.322. The average Bonchev–Trinajstić information content (AvgIpc) is 3.51. The maximum atomic E-state index is 13.5. The monoisotopic (exact) mass is 504 g/mol. The third kappa shape index (κ3) is 5.38. The number of carbonyl (C=O) groups excluding carboxylic acids is 2. The Kier molecular flexibility index (Phi) is 7.01. The molecule has 196 valence electrons. The Balaban J connectivity index is 1.32. The average molecular weight is 505 g/mol. The molecule has 1 aliphatic carbocycles. The summed E-state index contributed by atoms with van der Waals surface area (Å²) in [5, 5.41) is 4.50. The molecule has 1 aromatic carbocycles. The molecule has 0 spiro atoms. The van der Waals surface area contributed by atoms with E-state index in [0.29, 0.717) is 18.0 Å². The van der Waals surface area contributed by atoms with Crippen molar-refractivity contribution in [3.8, 4) is 5.75 Å². The number of rotatable bonds is 8. The number of fused-ring (bicyclic) bond motifs is 1. The zero-order valence-corrected chi connectivity index (χ0v) is 22.2. The van der Waals surface area contributed by atoms with Crippen molar-refractivity contribution in [2.75, 3.05) is 0 Å². The number of benzene rings is 1. The van der Waals surface area contributed by atoms with E-state index in [4.69, 9.17) is 9.47 Å². The highest BCUT2D eigenvalue weighted by molar-refractivity contribution is 6.01. The second-order valence-corrected chi connectivity index (χ2v) is 11.0. The Morgan fingerprint density at radius 2 is 1.84 bits per heavy atom. The van der Waals surface area contributed by atoms with E-state index in [1.165, 1.54) is 0 Å². The summed E-state index contributed by atoms with van der Waals surface area (Å²) < 4.78 is 13.7. The van der Waals surface area contributed by atoms with Gasteiger partial charge in [0, 0.05) is 24.2 Å². The van der Waals surface area contributed by atoms with Crippen LogP contribution in [0.4, 0.5) is 0 Å². The molecule has 0 radical (unpaired) electrons. The number of aromatic nitrogens is 4. The summed E-state index contributed by atoms with van der Waals surface area (Å²) in [5.41, 5.74) is 2.16. The van der Waals surface area contributed by atoms with Gasteiger partial charge in [0.25, 0.3) is 5.78 Å². The largest absolute Gasteiger partial charge is 0.491 e. The summed E-state index contributed by atoms with van der Waals surface area (Å²) in [6.45, 7) is 7.84. The Labute approximate surface area is 217 Å². The Morgan fingerprint density at radius 1 is 1.11 bits per heavy atom. The first-order valence-corrected chi connectivity index (χ1v) is 13.4. The van der Waals surface area contributed by atoms with Gasteiger partial charge in [-0.15, -0.1) is 5.10 Å². The minimum absolute atomic E-state index is 0.0662. The van der Waals surface area contributed by atoms with Crippen molar-refractivity contribution in [3.63, 3.8) is 0 Å².